The Morgan fingerprint density at radius 2 is 1.90 bits per heavy atom. The number of rotatable bonds is 4. The second-order valence-electron chi connectivity index (χ2n) is 6.28. The van der Waals surface area contributed by atoms with Crippen molar-refractivity contribution in [3.05, 3.63) is 35.4 Å². The van der Waals surface area contributed by atoms with Crippen molar-refractivity contribution in [1.29, 1.82) is 0 Å². The molecule has 21 heavy (non-hydrogen) atoms. The Morgan fingerprint density at radius 3 is 2.76 bits per heavy atom. The number of aryl methyl sites for hydroxylation is 1. The molecule has 3 rings (SSSR count). The van der Waals surface area contributed by atoms with Gasteiger partial charge in [0.1, 0.15) is 6.61 Å². The Hall–Kier alpha value is -1.35. The minimum Gasteiger partial charge on any atom is -0.368 e. The highest BCUT2D eigenvalue weighted by Gasteiger charge is 2.22. The molecule has 0 bridgehead atoms. The Kier molecular flexibility index (Phi) is 4.91. The highest BCUT2D eigenvalue weighted by atomic mass is 16.5. The lowest BCUT2D eigenvalue weighted by Crippen LogP contribution is -2.35. The first-order valence-corrected chi connectivity index (χ1v) is 8.32. The van der Waals surface area contributed by atoms with Gasteiger partial charge in [-0.1, -0.05) is 43.5 Å². The number of nitrogens with one attached hydrogen (secondary N) is 1. The van der Waals surface area contributed by atoms with Crippen LogP contribution < -0.4 is 5.32 Å². The third kappa shape index (κ3) is 3.85. The molecule has 1 aromatic rings. The number of ether oxygens (including phenoxy) is 1. The molecule has 1 atom stereocenters. The molecule has 0 spiro atoms. The molecule has 2 aliphatic rings. The summed E-state index contributed by atoms with van der Waals surface area (Å²) in [4.78, 5) is 12.1. The maximum Gasteiger partial charge on any atom is 0.246 e. The number of amides is 1. The molecule has 1 N–H and O–H groups in total. The van der Waals surface area contributed by atoms with Crippen molar-refractivity contribution in [1.82, 2.24) is 5.32 Å². The summed E-state index contributed by atoms with van der Waals surface area (Å²) >= 11 is 0. The van der Waals surface area contributed by atoms with Crippen LogP contribution in [0.25, 0.3) is 0 Å². The Morgan fingerprint density at radius 1 is 1.10 bits per heavy atom. The molecule has 3 nitrogen and oxygen atoms in total. The van der Waals surface area contributed by atoms with Crippen LogP contribution in [0.15, 0.2) is 24.3 Å². The first-order chi connectivity index (χ1) is 10.3. The van der Waals surface area contributed by atoms with Gasteiger partial charge in [0.2, 0.25) is 5.91 Å². The van der Waals surface area contributed by atoms with E-state index in [-0.39, 0.29) is 18.6 Å². The molecule has 1 fully saturated rings. The first kappa shape index (κ1) is 14.6. The third-order valence-electron chi connectivity index (χ3n) is 4.71. The molecule has 0 aliphatic heterocycles. The van der Waals surface area contributed by atoms with Crippen molar-refractivity contribution in [2.45, 2.75) is 63.5 Å². The average Bonchev–Trinajstić information content (AvgIpc) is 2.54. The number of hydrogen-bond acceptors (Lipinski definition) is 2. The van der Waals surface area contributed by atoms with E-state index in [2.05, 4.69) is 29.6 Å². The van der Waals surface area contributed by atoms with Gasteiger partial charge in [0, 0.05) is 0 Å². The summed E-state index contributed by atoms with van der Waals surface area (Å²) in [6.07, 6.45) is 9.61. The van der Waals surface area contributed by atoms with Crippen molar-refractivity contribution in [3.8, 4) is 0 Å². The van der Waals surface area contributed by atoms with Crippen LogP contribution in [0.3, 0.4) is 0 Å². The van der Waals surface area contributed by atoms with Crippen molar-refractivity contribution in [2.24, 2.45) is 0 Å². The van der Waals surface area contributed by atoms with Gasteiger partial charge < -0.3 is 10.1 Å². The maximum atomic E-state index is 12.1. The zero-order valence-corrected chi connectivity index (χ0v) is 12.6. The van der Waals surface area contributed by atoms with Crippen molar-refractivity contribution < 1.29 is 9.53 Å². The summed E-state index contributed by atoms with van der Waals surface area (Å²) in [6.45, 7) is 0.212. The summed E-state index contributed by atoms with van der Waals surface area (Å²) in [5.41, 5.74) is 2.66. The second-order valence-corrected chi connectivity index (χ2v) is 6.28. The van der Waals surface area contributed by atoms with Gasteiger partial charge in [0.05, 0.1) is 12.1 Å². The standard InChI is InChI=1S/C18H25NO2/c20-18(13-21-15-9-2-1-3-10-15)19-17-12-6-8-14-7-4-5-11-16(14)17/h4-5,7,11,15,17H,1-3,6,8-10,12-13H2,(H,19,20)/t17-/m1/s1. The summed E-state index contributed by atoms with van der Waals surface area (Å²) in [7, 11) is 0. The molecule has 0 aromatic heterocycles. The largest absolute Gasteiger partial charge is 0.368 e. The summed E-state index contributed by atoms with van der Waals surface area (Å²) in [5, 5.41) is 3.15. The summed E-state index contributed by atoms with van der Waals surface area (Å²) in [5.74, 6) is 0.0299. The van der Waals surface area contributed by atoms with Gasteiger partial charge in [-0.15, -0.1) is 0 Å². The maximum absolute atomic E-state index is 12.1. The van der Waals surface area contributed by atoms with Gasteiger partial charge in [-0.25, -0.2) is 0 Å². The Labute approximate surface area is 127 Å². The van der Waals surface area contributed by atoms with Crippen LogP contribution >= 0.6 is 0 Å². The molecule has 0 heterocycles. The number of fused-ring (bicyclic) bond motifs is 1. The van der Waals surface area contributed by atoms with E-state index in [0.29, 0.717) is 6.10 Å². The van der Waals surface area contributed by atoms with Crippen molar-refractivity contribution in [2.75, 3.05) is 6.61 Å². The van der Waals surface area contributed by atoms with Gasteiger partial charge >= 0.3 is 0 Å². The predicted octanol–water partition coefficient (Wildman–Crippen LogP) is 3.53. The molecule has 0 saturated heterocycles. The van der Waals surface area contributed by atoms with Crippen LogP contribution in [-0.2, 0) is 16.0 Å². The minimum atomic E-state index is 0.0299. The fourth-order valence-electron chi connectivity index (χ4n) is 3.57. The van der Waals surface area contributed by atoms with E-state index in [1.807, 2.05) is 0 Å². The van der Waals surface area contributed by atoms with E-state index in [1.165, 1.54) is 30.4 Å². The van der Waals surface area contributed by atoms with E-state index in [1.54, 1.807) is 0 Å². The van der Waals surface area contributed by atoms with Gasteiger partial charge in [-0.3, -0.25) is 4.79 Å². The molecule has 1 amide bonds. The molecular formula is C18H25NO2. The fourth-order valence-corrected chi connectivity index (χ4v) is 3.57. The third-order valence-corrected chi connectivity index (χ3v) is 4.71. The summed E-state index contributed by atoms with van der Waals surface area (Å²) in [6, 6.07) is 8.61. The van der Waals surface area contributed by atoms with Gasteiger partial charge in [0.15, 0.2) is 0 Å². The topological polar surface area (TPSA) is 38.3 Å². The van der Waals surface area contributed by atoms with E-state index in [4.69, 9.17) is 4.74 Å². The minimum absolute atomic E-state index is 0.0299. The fraction of sp³-hybridized carbons (Fsp3) is 0.611. The predicted molar refractivity (Wildman–Crippen MR) is 83.1 cm³/mol. The highest BCUT2D eigenvalue weighted by Crippen LogP contribution is 2.29. The lowest BCUT2D eigenvalue weighted by atomic mass is 9.88. The Bertz CT molecular complexity index is 480. The lowest BCUT2D eigenvalue weighted by molar-refractivity contribution is -0.129. The zero-order chi connectivity index (χ0) is 14.5. The normalized spacial score (nSPS) is 22.6. The molecule has 2 aliphatic carbocycles. The van der Waals surface area contributed by atoms with Crippen LogP contribution in [0.4, 0.5) is 0 Å². The highest BCUT2D eigenvalue weighted by molar-refractivity contribution is 5.77. The number of hydrogen-bond donors (Lipinski definition) is 1. The van der Waals surface area contributed by atoms with Crippen LogP contribution in [0.2, 0.25) is 0 Å². The molecule has 1 saturated carbocycles. The number of carbonyl (C=O) groups excluding carboxylic acids is 1. The molecule has 3 heteroatoms. The molecule has 0 unspecified atom stereocenters. The Balaban J connectivity index is 1.51. The van der Waals surface area contributed by atoms with E-state index in [9.17, 15) is 4.79 Å². The molecular weight excluding hydrogens is 262 g/mol. The summed E-state index contributed by atoms with van der Waals surface area (Å²) < 4.78 is 5.76. The van der Waals surface area contributed by atoms with Gasteiger partial charge in [0.25, 0.3) is 0 Å². The quantitative estimate of drug-likeness (QED) is 0.920. The molecule has 0 radical (unpaired) electrons. The monoisotopic (exact) mass is 287 g/mol. The van der Waals surface area contributed by atoms with Crippen LogP contribution in [-0.4, -0.2) is 18.6 Å². The first-order valence-electron chi connectivity index (χ1n) is 8.32. The van der Waals surface area contributed by atoms with Crippen LogP contribution in [0.1, 0.15) is 62.1 Å². The molecule has 114 valence electrons. The number of benzene rings is 1. The lowest BCUT2D eigenvalue weighted by Gasteiger charge is -2.27. The molecule has 1 aromatic carbocycles. The number of carbonyl (C=O) groups is 1. The van der Waals surface area contributed by atoms with Crippen LogP contribution in [0, 0.1) is 0 Å². The van der Waals surface area contributed by atoms with E-state index in [0.717, 1.165) is 32.1 Å². The van der Waals surface area contributed by atoms with Gasteiger partial charge in [-0.2, -0.15) is 0 Å². The zero-order valence-electron chi connectivity index (χ0n) is 12.6. The average molecular weight is 287 g/mol. The SMILES string of the molecule is O=C(COC1CCCCC1)N[C@@H]1CCCc2ccccc21. The second kappa shape index (κ2) is 7.08. The van der Waals surface area contributed by atoms with E-state index >= 15 is 0 Å². The van der Waals surface area contributed by atoms with Crippen molar-refractivity contribution >= 4 is 5.91 Å². The van der Waals surface area contributed by atoms with Gasteiger partial charge in [-0.05, 0) is 43.2 Å². The van der Waals surface area contributed by atoms with Crippen LogP contribution in [0.5, 0.6) is 0 Å². The smallest absolute Gasteiger partial charge is 0.246 e. The van der Waals surface area contributed by atoms with E-state index < -0.39 is 0 Å². The van der Waals surface area contributed by atoms with Crippen molar-refractivity contribution in [3.63, 3.8) is 0 Å².